The van der Waals surface area contributed by atoms with Crippen LogP contribution in [0.2, 0.25) is 0 Å². The molecule has 1 aliphatic rings. The number of aliphatic hydroxyl groups is 1. The second kappa shape index (κ2) is 8.17. The van der Waals surface area contributed by atoms with Gasteiger partial charge in [0.1, 0.15) is 12.2 Å². The quantitative estimate of drug-likeness (QED) is 0.571. The molecule has 1 rings (SSSR count). The number of allylic oxidation sites excluding steroid dienone is 1. The molecule has 1 aliphatic heterocycles. The first-order valence-corrected chi connectivity index (χ1v) is 7.34. The fourth-order valence-corrected chi connectivity index (χ4v) is 2.32. The van der Waals surface area contributed by atoms with Gasteiger partial charge in [-0.1, -0.05) is 13.3 Å². The normalized spacial score (nSPS) is 18.8. The number of unbranched alkanes of at least 4 members (excludes halogenated alkanes) is 1. The van der Waals surface area contributed by atoms with Crippen LogP contribution in [0.1, 0.15) is 33.6 Å². The van der Waals surface area contributed by atoms with Gasteiger partial charge in [-0.2, -0.15) is 0 Å². The molecule has 20 heavy (non-hydrogen) atoms. The van der Waals surface area contributed by atoms with Crippen molar-refractivity contribution in [3.8, 4) is 0 Å². The summed E-state index contributed by atoms with van der Waals surface area (Å²) in [6, 6.07) is 0. The lowest BCUT2D eigenvalue weighted by atomic mass is 10.1. The lowest BCUT2D eigenvalue weighted by molar-refractivity contribution is 0.0218. The molecular formula is C15H28N4O. The number of aliphatic imine (C=N–C) groups is 2. The highest BCUT2D eigenvalue weighted by Crippen LogP contribution is 2.14. The molecule has 0 radical (unpaired) electrons. The van der Waals surface area contributed by atoms with Crippen molar-refractivity contribution in [1.29, 1.82) is 0 Å². The van der Waals surface area contributed by atoms with E-state index >= 15 is 0 Å². The van der Waals surface area contributed by atoms with Crippen molar-refractivity contribution in [3.05, 3.63) is 11.9 Å². The Labute approximate surface area is 122 Å². The maximum Gasteiger partial charge on any atom is 0.126 e. The van der Waals surface area contributed by atoms with Gasteiger partial charge >= 0.3 is 0 Å². The summed E-state index contributed by atoms with van der Waals surface area (Å²) in [5, 5.41) is 9.87. The van der Waals surface area contributed by atoms with E-state index in [0.717, 1.165) is 44.8 Å². The SMILES string of the molecule is C=NC=N/C(=C\CCC)N1CCN(CC(C)(C)O)CC1. The monoisotopic (exact) mass is 280 g/mol. The molecule has 0 unspecified atom stereocenters. The van der Waals surface area contributed by atoms with E-state index in [9.17, 15) is 5.11 Å². The van der Waals surface area contributed by atoms with E-state index in [1.165, 1.54) is 6.34 Å². The molecule has 0 aromatic rings. The standard InChI is InChI=1S/C15H28N4O/c1-5-6-7-14(17-13-16-4)19-10-8-18(9-11-19)12-15(2,3)20/h7,13,20H,4-6,8-12H2,1-3H3/b14-7+,17-13?. The predicted octanol–water partition coefficient (Wildman–Crippen LogP) is 1.75. The van der Waals surface area contributed by atoms with Crippen molar-refractivity contribution in [2.75, 3.05) is 32.7 Å². The Hall–Kier alpha value is -1.20. The third-order valence-electron chi connectivity index (χ3n) is 3.19. The fraction of sp³-hybridized carbons (Fsp3) is 0.733. The summed E-state index contributed by atoms with van der Waals surface area (Å²) in [4.78, 5) is 12.6. The van der Waals surface area contributed by atoms with Gasteiger partial charge in [-0.15, -0.1) is 0 Å². The summed E-state index contributed by atoms with van der Waals surface area (Å²) < 4.78 is 0. The summed E-state index contributed by atoms with van der Waals surface area (Å²) in [5.41, 5.74) is -0.631. The molecule has 0 aliphatic carbocycles. The van der Waals surface area contributed by atoms with E-state index in [-0.39, 0.29) is 0 Å². The zero-order chi connectivity index (χ0) is 15.0. The topological polar surface area (TPSA) is 51.4 Å². The number of nitrogens with zero attached hydrogens (tertiary/aromatic N) is 4. The van der Waals surface area contributed by atoms with Crippen molar-refractivity contribution in [1.82, 2.24) is 9.80 Å². The number of rotatable bonds is 7. The molecule has 1 saturated heterocycles. The van der Waals surface area contributed by atoms with Crippen LogP contribution in [0.4, 0.5) is 0 Å². The third-order valence-corrected chi connectivity index (χ3v) is 3.19. The van der Waals surface area contributed by atoms with Crippen molar-refractivity contribution < 1.29 is 5.11 Å². The summed E-state index contributed by atoms with van der Waals surface area (Å²) in [6.45, 7) is 13.8. The molecule has 5 heteroatoms. The smallest absolute Gasteiger partial charge is 0.126 e. The van der Waals surface area contributed by atoms with E-state index in [4.69, 9.17) is 0 Å². The Kier molecular flexibility index (Phi) is 6.88. The minimum atomic E-state index is -0.631. The summed E-state index contributed by atoms with van der Waals surface area (Å²) in [7, 11) is 0. The minimum Gasteiger partial charge on any atom is -0.389 e. The van der Waals surface area contributed by atoms with Gasteiger partial charge < -0.3 is 10.0 Å². The number of hydrogen-bond donors (Lipinski definition) is 1. The van der Waals surface area contributed by atoms with Crippen molar-refractivity contribution in [3.63, 3.8) is 0 Å². The van der Waals surface area contributed by atoms with Gasteiger partial charge in [-0.05, 0) is 33.1 Å². The maximum atomic E-state index is 9.87. The van der Waals surface area contributed by atoms with Crippen LogP contribution in [0.15, 0.2) is 21.9 Å². The molecule has 0 atom stereocenters. The molecule has 1 heterocycles. The van der Waals surface area contributed by atoms with Gasteiger partial charge in [0, 0.05) is 32.7 Å². The van der Waals surface area contributed by atoms with Gasteiger partial charge in [-0.3, -0.25) is 9.89 Å². The fourth-order valence-electron chi connectivity index (χ4n) is 2.32. The molecule has 1 N–H and O–H groups in total. The van der Waals surface area contributed by atoms with Crippen LogP contribution in [0.3, 0.4) is 0 Å². The molecule has 1 fully saturated rings. The van der Waals surface area contributed by atoms with Gasteiger partial charge in [0.25, 0.3) is 0 Å². The van der Waals surface area contributed by atoms with Crippen LogP contribution in [0.5, 0.6) is 0 Å². The molecular weight excluding hydrogens is 252 g/mol. The molecule has 114 valence electrons. The van der Waals surface area contributed by atoms with Gasteiger partial charge in [0.15, 0.2) is 0 Å². The third kappa shape index (κ3) is 6.30. The predicted molar refractivity (Wildman–Crippen MR) is 85.3 cm³/mol. The van der Waals surface area contributed by atoms with Crippen LogP contribution >= 0.6 is 0 Å². The summed E-state index contributed by atoms with van der Waals surface area (Å²) in [6.07, 6.45) is 5.80. The van der Waals surface area contributed by atoms with Crippen LogP contribution < -0.4 is 0 Å². The van der Waals surface area contributed by atoms with Crippen molar-refractivity contribution in [2.24, 2.45) is 9.98 Å². The minimum absolute atomic E-state index is 0.631. The lowest BCUT2D eigenvalue weighted by Gasteiger charge is -2.38. The van der Waals surface area contributed by atoms with Gasteiger partial charge in [0.05, 0.1) is 5.60 Å². The Morgan fingerprint density at radius 2 is 1.95 bits per heavy atom. The van der Waals surface area contributed by atoms with Crippen LogP contribution in [0.25, 0.3) is 0 Å². The summed E-state index contributed by atoms with van der Waals surface area (Å²) in [5.74, 6) is 0.988. The second-order valence-electron chi connectivity index (χ2n) is 5.85. The lowest BCUT2D eigenvalue weighted by Crippen LogP contribution is -2.49. The Balaban J connectivity index is 2.56. The van der Waals surface area contributed by atoms with Crippen LogP contribution in [-0.4, -0.2) is 66.3 Å². The second-order valence-corrected chi connectivity index (χ2v) is 5.85. The van der Waals surface area contributed by atoms with E-state index in [1.54, 1.807) is 0 Å². The van der Waals surface area contributed by atoms with Crippen molar-refractivity contribution >= 4 is 13.1 Å². The van der Waals surface area contributed by atoms with E-state index in [2.05, 4.69) is 39.5 Å². The largest absolute Gasteiger partial charge is 0.389 e. The molecule has 0 aromatic heterocycles. The zero-order valence-corrected chi connectivity index (χ0v) is 13.0. The van der Waals surface area contributed by atoms with E-state index in [1.807, 2.05) is 13.8 Å². The highest BCUT2D eigenvalue weighted by molar-refractivity contribution is 5.63. The first-order valence-electron chi connectivity index (χ1n) is 7.34. The number of β-amino-alcohol motifs (C(OH)–C–C–N with tert-alkyl or cyclic N) is 1. The molecule has 0 saturated carbocycles. The number of piperazine rings is 1. The molecule has 0 spiro atoms. The van der Waals surface area contributed by atoms with Gasteiger partial charge in [0.2, 0.25) is 0 Å². The molecule has 5 nitrogen and oxygen atoms in total. The number of hydrogen-bond acceptors (Lipinski definition) is 4. The van der Waals surface area contributed by atoms with Crippen LogP contribution in [0, 0.1) is 0 Å². The first-order chi connectivity index (χ1) is 9.46. The van der Waals surface area contributed by atoms with Crippen LogP contribution in [-0.2, 0) is 0 Å². The summed E-state index contributed by atoms with van der Waals surface area (Å²) >= 11 is 0. The highest BCUT2D eigenvalue weighted by atomic mass is 16.3. The Morgan fingerprint density at radius 3 is 2.45 bits per heavy atom. The molecule has 0 bridgehead atoms. The molecule has 0 amide bonds. The maximum absolute atomic E-state index is 9.87. The van der Waals surface area contributed by atoms with Gasteiger partial charge in [-0.25, -0.2) is 4.99 Å². The average molecular weight is 280 g/mol. The Bertz CT molecular complexity index is 349. The van der Waals surface area contributed by atoms with Crippen molar-refractivity contribution in [2.45, 2.75) is 39.2 Å². The Morgan fingerprint density at radius 1 is 1.30 bits per heavy atom. The molecule has 0 aromatic carbocycles. The van der Waals surface area contributed by atoms with E-state index < -0.39 is 5.60 Å². The zero-order valence-electron chi connectivity index (χ0n) is 13.0. The average Bonchev–Trinajstić information content (AvgIpc) is 2.38. The van der Waals surface area contributed by atoms with E-state index in [0.29, 0.717) is 6.54 Å². The first kappa shape index (κ1) is 16.9. The highest BCUT2D eigenvalue weighted by Gasteiger charge is 2.23.